The number of quaternary nitrogens is 1. The number of hydrogen-bond acceptors (Lipinski definition) is 6. The monoisotopic (exact) mass is 1340 g/mol. The van der Waals surface area contributed by atoms with Gasteiger partial charge < -0.3 is 28.8 Å². The first kappa shape index (κ1) is 92.2. The van der Waals surface area contributed by atoms with Gasteiger partial charge in [0.2, 0.25) is 5.91 Å². The van der Waals surface area contributed by atoms with E-state index in [1.807, 2.05) is 27.2 Å². The number of aliphatic hydroxyl groups excluding tert-OH is 1. The zero-order valence-electron chi connectivity index (χ0n) is 63.7. The highest BCUT2D eigenvalue weighted by Gasteiger charge is 2.23. The number of amides is 1. The maximum Gasteiger partial charge on any atom is 0.268 e. The Morgan fingerprint density at radius 3 is 0.926 bits per heavy atom. The molecule has 3 unspecified atom stereocenters. The number of allylic oxidation sites excluding steroid dienone is 9. The Morgan fingerprint density at radius 1 is 0.372 bits per heavy atom. The van der Waals surface area contributed by atoms with E-state index >= 15 is 0 Å². The number of aliphatic hydroxyl groups is 1. The third-order valence-electron chi connectivity index (χ3n) is 19.2. The number of carbonyl (C=O) groups is 1. The van der Waals surface area contributed by atoms with E-state index in [1.54, 1.807) is 6.08 Å². The molecule has 0 saturated heterocycles. The highest BCUT2D eigenvalue weighted by atomic mass is 31.2. The number of nitrogens with one attached hydrogen (secondary N) is 1. The van der Waals surface area contributed by atoms with Gasteiger partial charge in [0.1, 0.15) is 13.2 Å². The van der Waals surface area contributed by atoms with Crippen molar-refractivity contribution >= 4 is 13.7 Å². The minimum atomic E-state index is -4.62. The molecule has 0 aliphatic heterocycles. The number of nitrogens with zero attached hydrogens (tertiary/aromatic N) is 1. The van der Waals surface area contributed by atoms with Crippen molar-refractivity contribution in [1.29, 1.82) is 0 Å². The highest BCUT2D eigenvalue weighted by molar-refractivity contribution is 7.45. The molecule has 0 aliphatic rings. The first-order chi connectivity index (χ1) is 46.0. The van der Waals surface area contributed by atoms with E-state index in [1.165, 1.54) is 353 Å². The van der Waals surface area contributed by atoms with E-state index < -0.39 is 26.6 Å². The van der Waals surface area contributed by atoms with Crippen LogP contribution in [0.2, 0.25) is 0 Å². The number of carbonyl (C=O) groups excluding carboxylic acids is 1. The highest BCUT2D eigenvalue weighted by Crippen LogP contribution is 2.38. The van der Waals surface area contributed by atoms with Crippen LogP contribution in [0.15, 0.2) is 60.8 Å². The molecule has 0 radical (unpaired) electrons. The standard InChI is InChI=1S/C85H163N2O6P/c1-6-8-10-12-14-16-18-20-22-24-26-28-30-32-34-36-38-39-40-41-42-43-44-45-46-47-49-51-53-55-57-59-61-63-65-67-69-71-73-75-77-79-85(89)86-83(82-93-94(90,91)92-81-80-87(3,4)5)84(88)78-76-74-72-70-68-66-64-62-60-58-56-54-52-50-48-37-35-33-31-29-27-25-23-21-19-17-15-13-11-9-7-2/h18,20,24,26,60,62,68,70,76,78,83-84,88H,6-17,19,21-23,25,27-59,61,63-67,69,71-75,77,79-82H2,1-5H3,(H-,86,89,90,91)/b20-18-,26-24-,62-60+,70-68+,78-76+. The first-order valence-corrected chi connectivity index (χ1v) is 43.1. The Labute approximate surface area is 587 Å². The van der Waals surface area contributed by atoms with Crippen molar-refractivity contribution in [3.8, 4) is 0 Å². The lowest BCUT2D eigenvalue weighted by Crippen LogP contribution is -2.45. The minimum absolute atomic E-state index is 0.00803. The van der Waals surface area contributed by atoms with Gasteiger partial charge in [0.15, 0.2) is 0 Å². The van der Waals surface area contributed by atoms with Gasteiger partial charge in [-0.3, -0.25) is 9.36 Å². The second kappa shape index (κ2) is 75.4. The summed E-state index contributed by atoms with van der Waals surface area (Å²) in [4.78, 5) is 25.7. The quantitative estimate of drug-likeness (QED) is 0.0272. The Bertz CT molecular complexity index is 1720. The van der Waals surface area contributed by atoms with Gasteiger partial charge in [-0.2, -0.15) is 0 Å². The second-order valence-electron chi connectivity index (χ2n) is 29.8. The summed E-state index contributed by atoms with van der Waals surface area (Å²) in [6, 6.07) is -0.912. The number of phosphoric ester groups is 1. The predicted molar refractivity (Wildman–Crippen MR) is 413 cm³/mol. The normalized spacial score (nSPS) is 13.7. The lowest BCUT2D eigenvalue weighted by atomic mass is 10.0. The van der Waals surface area contributed by atoms with Gasteiger partial charge in [0, 0.05) is 6.42 Å². The molecule has 9 heteroatoms. The SMILES string of the molecule is CCCCCCC/C=C\C/C=C\CCCCCCCCCCCCCCCCCCCCCCCCCCCCCCCC(=O)NC(COP(=O)([O-])OCC[N+](C)(C)C)C(O)/C=C/CC/C=C/CC/C=C/CCCCCCCCCCCCCCCCCCCCCCC. The van der Waals surface area contributed by atoms with Crippen molar-refractivity contribution < 1.29 is 32.9 Å². The fourth-order valence-electron chi connectivity index (χ4n) is 12.8. The molecule has 94 heavy (non-hydrogen) atoms. The fourth-order valence-corrected chi connectivity index (χ4v) is 13.5. The number of unbranched alkanes of at least 4 members (excludes halogenated alkanes) is 57. The van der Waals surface area contributed by atoms with Crippen molar-refractivity contribution in [2.45, 2.75) is 437 Å². The van der Waals surface area contributed by atoms with Crippen molar-refractivity contribution in [3.05, 3.63) is 60.8 Å². The van der Waals surface area contributed by atoms with Gasteiger partial charge in [0.05, 0.1) is 39.9 Å². The molecule has 0 heterocycles. The molecule has 0 spiro atoms. The molecule has 0 saturated carbocycles. The molecule has 1 amide bonds. The molecular weight excluding hydrogens is 1180 g/mol. The van der Waals surface area contributed by atoms with Crippen molar-refractivity contribution in [3.63, 3.8) is 0 Å². The van der Waals surface area contributed by atoms with E-state index in [0.717, 1.165) is 51.4 Å². The van der Waals surface area contributed by atoms with Crippen LogP contribution in [0.5, 0.6) is 0 Å². The molecule has 2 N–H and O–H groups in total. The number of phosphoric acid groups is 1. The van der Waals surface area contributed by atoms with E-state index in [0.29, 0.717) is 17.4 Å². The summed E-state index contributed by atoms with van der Waals surface area (Å²) >= 11 is 0. The molecule has 8 nitrogen and oxygen atoms in total. The Hall–Kier alpha value is -1.80. The lowest BCUT2D eigenvalue weighted by Gasteiger charge is -2.29. The molecule has 0 aromatic rings. The summed E-state index contributed by atoms with van der Waals surface area (Å²) < 4.78 is 23.5. The Kier molecular flexibility index (Phi) is 74.0. The fraction of sp³-hybridized carbons (Fsp3) is 0.871. The molecule has 0 aromatic heterocycles. The summed E-state index contributed by atoms with van der Waals surface area (Å²) in [5.74, 6) is -0.203. The average molecular weight is 1340 g/mol. The molecule has 0 aliphatic carbocycles. The van der Waals surface area contributed by atoms with Crippen molar-refractivity contribution in [2.75, 3.05) is 40.9 Å². The van der Waals surface area contributed by atoms with Crippen LogP contribution in [-0.4, -0.2) is 68.5 Å². The van der Waals surface area contributed by atoms with Crippen LogP contribution in [0.25, 0.3) is 0 Å². The smallest absolute Gasteiger partial charge is 0.268 e. The lowest BCUT2D eigenvalue weighted by molar-refractivity contribution is -0.870. The molecule has 0 aromatic carbocycles. The Morgan fingerprint density at radius 2 is 0.628 bits per heavy atom. The average Bonchev–Trinajstić information content (AvgIpc) is 1.77. The summed E-state index contributed by atoms with van der Waals surface area (Å²) in [5.41, 5.74) is 0. The second-order valence-corrected chi connectivity index (χ2v) is 31.2. The van der Waals surface area contributed by atoms with E-state index in [9.17, 15) is 19.4 Å². The van der Waals surface area contributed by atoms with Gasteiger partial charge >= 0.3 is 0 Å². The molecule has 0 rings (SSSR count). The van der Waals surface area contributed by atoms with Crippen LogP contribution >= 0.6 is 7.82 Å². The summed E-state index contributed by atoms with van der Waals surface area (Å²) in [6.07, 6.45) is 106. The zero-order valence-corrected chi connectivity index (χ0v) is 64.6. The molecule has 0 fully saturated rings. The minimum Gasteiger partial charge on any atom is -0.756 e. The van der Waals surface area contributed by atoms with E-state index in [2.05, 4.69) is 67.8 Å². The predicted octanol–water partition coefficient (Wildman–Crippen LogP) is 26.8. The summed E-state index contributed by atoms with van der Waals surface area (Å²) in [5, 5.41) is 14.0. The number of rotatable bonds is 78. The van der Waals surface area contributed by atoms with Gasteiger partial charge in [-0.1, -0.05) is 402 Å². The zero-order chi connectivity index (χ0) is 68.3. The van der Waals surface area contributed by atoms with E-state index in [4.69, 9.17) is 9.05 Å². The number of likely N-dealkylation sites (N-methyl/N-ethyl adjacent to an activating group) is 1. The van der Waals surface area contributed by atoms with Crippen LogP contribution < -0.4 is 10.2 Å². The summed E-state index contributed by atoms with van der Waals surface area (Å²) in [6.45, 7) is 4.67. The van der Waals surface area contributed by atoms with Crippen LogP contribution in [0.4, 0.5) is 0 Å². The molecule has 3 atom stereocenters. The number of hydrogen-bond donors (Lipinski definition) is 2. The third kappa shape index (κ3) is 77.6. The van der Waals surface area contributed by atoms with Crippen LogP contribution in [0.3, 0.4) is 0 Å². The van der Waals surface area contributed by atoms with Crippen molar-refractivity contribution in [2.24, 2.45) is 0 Å². The first-order valence-electron chi connectivity index (χ1n) is 41.7. The van der Waals surface area contributed by atoms with Gasteiger partial charge in [0.25, 0.3) is 7.82 Å². The topological polar surface area (TPSA) is 108 Å². The van der Waals surface area contributed by atoms with Crippen LogP contribution in [-0.2, 0) is 18.4 Å². The maximum absolute atomic E-state index is 13.1. The van der Waals surface area contributed by atoms with Gasteiger partial charge in [-0.25, -0.2) is 0 Å². The molecule has 0 bridgehead atoms. The third-order valence-corrected chi connectivity index (χ3v) is 20.1. The van der Waals surface area contributed by atoms with Gasteiger partial charge in [-0.05, 0) is 77.0 Å². The largest absolute Gasteiger partial charge is 0.756 e. The molecule has 554 valence electrons. The van der Waals surface area contributed by atoms with Crippen LogP contribution in [0, 0.1) is 0 Å². The van der Waals surface area contributed by atoms with Crippen LogP contribution in [0.1, 0.15) is 425 Å². The molecular formula is C85H163N2O6P. The van der Waals surface area contributed by atoms with Gasteiger partial charge in [-0.15, -0.1) is 0 Å². The Balaban J connectivity index is 3.95. The maximum atomic E-state index is 13.1. The van der Waals surface area contributed by atoms with E-state index in [-0.39, 0.29) is 12.5 Å². The van der Waals surface area contributed by atoms with Crippen molar-refractivity contribution in [1.82, 2.24) is 5.32 Å². The summed E-state index contributed by atoms with van der Waals surface area (Å²) in [7, 11) is 1.25.